The fraction of sp³-hybridized carbons (Fsp3) is 0.500. The van der Waals surface area contributed by atoms with Crippen LogP contribution < -0.4 is 14.8 Å². The van der Waals surface area contributed by atoms with Gasteiger partial charge in [0.05, 0.1) is 25.5 Å². The quantitative estimate of drug-likeness (QED) is 0.522. The van der Waals surface area contributed by atoms with Gasteiger partial charge in [-0.1, -0.05) is 6.07 Å². The lowest BCUT2D eigenvalue weighted by atomic mass is 9.99. The van der Waals surface area contributed by atoms with E-state index in [9.17, 15) is 14.3 Å². The molecule has 0 saturated heterocycles. The van der Waals surface area contributed by atoms with Gasteiger partial charge in [-0.2, -0.15) is 10.4 Å². The molecule has 10 nitrogen and oxygen atoms in total. The van der Waals surface area contributed by atoms with Crippen LogP contribution in [0.25, 0.3) is 0 Å². The lowest BCUT2D eigenvalue weighted by molar-refractivity contribution is 0.0775. The summed E-state index contributed by atoms with van der Waals surface area (Å²) < 4.78 is 32.6. The minimum Gasteiger partial charge on any atom is -0.477 e. The van der Waals surface area contributed by atoms with Crippen LogP contribution in [0.1, 0.15) is 41.5 Å². The first kappa shape index (κ1) is 21.7. The van der Waals surface area contributed by atoms with Gasteiger partial charge in [-0.3, -0.25) is 0 Å². The Labute approximate surface area is 192 Å². The Balaban J connectivity index is 1.51. The second-order valence-corrected chi connectivity index (χ2v) is 10.4. The van der Waals surface area contributed by atoms with Gasteiger partial charge in [0.1, 0.15) is 0 Å². The molecule has 1 aromatic carbocycles. The van der Waals surface area contributed by atoms with Crippen molar-refractivity contribution in [1.82, 2.24) is 14.5 Å². The van der Waals surface area contributed by atoms with Crippen LogP contribution in [0.3, 0.4) is 0 Å². The van der Waals surface area contributed by atoms with Crippen LogP contribution in [0, 0.1) is 11.5 Å². The zero-order valence-electron chi connectivity index (χ0n) is 18.4. The lowest BCUT2D eigenvalue weighted by Gasteiger charge is -2.15. The van der Waals surface area contributed by atoms with Gasteiger partial charge in [-0.05, 0) is 60.8 Å². The Bertz CT molecular complexity index is 1240. The third-order valence-corrected chi connectivity index (χ3v) is 8.21. The number of nitriles is 1. The van der Waals surface area contributed by atoms with Crippen molar-refractivity contribution in [3.8, 4) is 12.1 Å². The average molecular weight is 471 g/mol. The van der Waals surface area contributed by atoms with Crippen LogP contribution in [-0.4, -0.2) is 39.8 Å². The summed E-state index contributed by atoms with van der Waals surface area (Å²) in [5, 5.41) is 16.4. The second-order valence-electron chi connectivity index (χ2n) is 8.49. The predicted octanol–water partition coefficient (Wildman–Crippen LogP) is 2.70. The largest absolute Gasteiger partial charge is 0.477 e. The van der Waals surface area contributed by atoms with Gasteiger partial charge in [-0.15, -0.1) is 4.36 Å². The van der Waals surface area contributed by atoms with Gasteiger partial charge < -0.3 is 14.8 Å². The molecule has 174 valence electrons. The van der Waals surface area contributed by atoms with Crippen molar-refractivity contribution in [1.29, 1.82) is 5.26 Å². The van der Waals surface area contributed by atoms with Gasteiger partial charge in [0.15, 0.2) is 21.0 Å². The first-order valence-electron chi connectivity index (χ1n) is 11.1. The standard InChI is InChI=1S/C22H26N6O4S/c1-31-16-8-9-32-21-19(11-24-28(21)12-16)33(30,25-13-23)27-22(29)26-20-17-6-2-4-14(17)10-15-5-3-7-18(15)20/h10-11,16H,2-9,12H2,1H3,(H2,25,26,27,29,30)/t16-,33?/m0/s1. The number of methoxy groups -OCH3 is 1. The maximum absolute atomic E-state index is 13.7. The van der Waals surface area contributed by atoms with Gasteiger partial charge in [0, 0.05) is 19.2 Å². The number of hydrogen-bond acceptors (Lipinski definition) is 6. The molecule has 3 aliphatic rings. The van der Waals surface area contributed by atoms with Crippen molar-refractivity contribution in [2.75, 3.05) is 19.0 Å². The molecule has 1 unspecified atom stereocenters. The summed E-state index contributed by atoms with van der Waals surface area (Å²) in [5.41, 5.74) is 5.63. The molecule has 0 spiro atoms. The van der Waals surface area contributed by atoms with Crippen LogP contribution in [0.5, 0.6) is 5.88 Å². The van der Waals surface area contributed by atoms with Crippen molar-refractivity contribution in [3.63, 3.8) is 0 Å². The highest BCUT2D eigenvalue weighted by molar-refractivity contribution is 7.92. The number of urea groups is 1. The molecule has 5 rings (SSSR count). The maximum Gasteiger partial charge on any atom is 0.355 e. The molecule has 2 amide bonds. The average Bonchev–Trinajstić information content (AvgIpc) is 3.51. The minimum absolute atomic E-state index is 0.0690. The lowest BCUT2D eigenvalue weighted by Crippen LogP contribution is -2.22. The number of ether oxygens (including phenoxy) is 2. The summed E-state index contributed by atoms with van der Waals surface area (Å²) >= 11 is 0. The normalized spacial score (nSPS) is 20.3. The molecule has 33 heavy (non-hydrogen) atoms. The third kappa shape index (κ3) is 3.94. The Kier molecular flexibility index (Phi) is 5.72. The molecule has 2 heterocycles. The molecule has 11 heteroatoms. The van der Waals surface area contributed by atoms with E-state index in [0.717, 1.165) is 55.3 Å². The predicted molar refractivity (Wildman–Crippen MR) is 120 cm³/mol. The van der Waals surface area contributed by atoms with Crippen molar-refractivity contribution >= 4 is 21.6 Å². The molecule has 2 aromatic rings. The van der Waals surface area contributed by atoms with E-state index in [4.69, 9.17) is 9.47 Å². The topological polar surface area (TPSA) is 131 Å². The highest BCUT2D eigenvalue weighted by Crippen LogP contribution is 2.39. The van der Waals surface area contributed by atoms with E-state index in [2.05, 4.69) is 25.6 Å². The number of aryl methyl sites for hydroxylation is 2. The van der Waals surface area contributed by atoms with E-state index >= 15 is 0 Å². The fourth-order valence-electron chi connectivity index (χ4n) is 4.99. The van der Waals surface area contributed by atoms with E-state index in [0.29, 0.717) is 19.6 Å². The highest BCUT2D eigenvalue weighted by atomic mass is 32.2. The molecule has 0 fully saturated rings. The zero-order chi connectivity index (χ0) is 23.0. The van der Waals surface area contributed by atoms with E-state index < -0.39 is 15.9 Å². The molecule has 2 N–H and O–H groups in total. The molecule has 2 atom stereocenters. The summed E-state index contributed by atoms with van der Waals surface area (Å²) in [6.45, 7) is 0.732. The number of nitrogens with one attached hydrogen (secondary N) is 2. The maximum atomic E-state index is 13.7. The van der Waals surface area contributed by atoms with Crippen LogP contribution >= 0.6 is 0 Å². The highest BCUT2D eigenvalue weighted by Gasteiger charge is 2.29. The number of carbonyl (C=O) groups is 1. The number of aromatic nitrogens is 2. The SMILES string of the molecule is CO[C@H]1CCOc2c(S(=O)(=NC(=O)Nc3c4c(cc5c3CCC5)CCC4)NC#N)cnn2C1. The number of rotatable bonds is 4. The van der Waals surface area contributed by atoms with Crippen LogP contribution in [0.15, 0.2) is 21.5 Å². The molecular formula is C22H26N6O4S. The van der Waals surface area contributed by atoms with Gasteiger partial charge in [0.25, 0.3) is 0 Å². The molecule has 0 saturated carbocycles. The number of anilines is 1. The minimum atomic E-state index is -3.65. The summed E-state index contributed by atoms with van der Waals surface area (Å²) in [7, 11) is -2.04. The first-order valence-corrected chi connectivity index (χ1v) is 12.7. The fourth-order valence-corrected chi connectivity index (χ4v) is 6.24. The molecule has 2 aliphatic carbocycles. The number of benzene rings is 1. The molecule has 0 bridgehead atoms. The molecule has 0 radical (unpaired) electrons. The summed E-state index contributed by atoms with van der Waals surface area (Å²) in [5.74, 6) is 0.223. The molecule has 1 aliphatic heterocycles. The van der Waals surface area contributed by atoms with E-state index in [1.165, 1.54) is 22.0 Å². The molecule has 1 aromatic heterocycles. The summed E-state index contributed by atoms with van der Waals surface area (Å²) in [6, 6.07) is 1.51. The summed E-state index contributed by atoms with van der Waals surface area (Å²) in [4.78, 5) is 13.1. The number of carbonyl (C=O) groups excluding carboxylic acids is 1. The van der Waals surface area contributed by atoms with Crippen molar-refractivity contribution in [3.05, 3.63) is 34.5 Å². The van der Waals surface area contributed by atoms with E-state index in [-0.39, 0.29) is 16.9 Å². The Hall–Kier alpha value is -3.10. The van der Waals surface area contributed by atoms with Crippen molar-refractivity contribution in [2.45, 2.75) is 62.5 Å². The van der Waals surface area contributed by atoms with E-state index in [1.54, 1.807) is 13.3 Å². The Morgan fingerprint density at radius 3 is 2.70 bits per heavy atom. The first-order chi connectivity index (χ1) is 16.0. The number of amides is 2. The number of nitrogens with zero attached hydrogens (tertiary/aromatic N) is 4. The zero-order valence-corrected chi connectivity index (χ0v) is 19.2. The Morgan fingerprint density at radius 2 is 2.03 bits per heavy atom. The number of hydrogen-bond donors (Lipinski definition) is 2. The van der Waals surface area contributed by atoms with Gasteiger partial charge >= 0.3 is 6.03 Å². The number of fused-ring (bicyclic) bond motifs is 3. The van der Waals surface area contributed by atoms with E-state index in [1.807, 2.05) is 0 Å². The van der Waals surface area contributed by atoms with Gasteiger partial charge in [-0.25, -0.2) is 18.4 Å². The monoisotopic (exact) mass is 470 g/mol. The van der Waals surface area contributed by atoms with Crippen molar-refractivity contribution < 1.29 is 18.5 Å². The van der Waals surface area contributed by atoms with Crippen LogP contribution in [-0.2, 0) is 46.9 Å². The molecular weight excluding hydrogens is 444 g/mol. The third-order valence-electron chi connectivity index (χ3n) is 6.55. The van der Waals surface area contributed by atoms with Crippen LogP contribution in [0.4, 0.5) is 10.5 Å². The summed E-state index contributed by atoms with van der Waals surface area (Å²) in [6.07, 6.45) is 9.42. The Morgan fingerprint density at radius 1 is 1.30 bits per heavy atom. The van der Waals surface area contributed by atoms with Crippen molar-refractivity contribution in [2.24, 2.45) is 4.36 Å². The second kappa shape index (κ2) is 8.68. The van der Waals surface area contributed by atoms with Crippen LogP contribution in [0.2, 0.25) is 0 Å². The van der Waals surface area contributed by atoms with Gasteiger partial charge in [0.2, 0.25) is 5.88 Å². The smallest absolute Gasteiger partial charge is 0.355 e.